The zero-order chi connectivity index (χ0) is 13.0. The third-order valence-electron chi connectivity index (χ3n) is 3.81. The lowest BCUT2D eigenvalue weighted by molar-refractivity contribution is -0.123. The molecule has 1 amide bonds. The van der Waals surface area contributed by atoms with Crippen molar-refractivity contribution < 1.29 is 4.79 Å². The maximum atomic E-state index is 11.7. The Labute approximate surface area is 105 Å². The van der Waals surface area contributed by atoms with Crippen molar-refractivity contribution >= 4 is 5.91 Å². The van der Waals surface area contributed by atoms with Crippen LogP contribution in [0.2, 0.25) is 0 Å². The molecule has 0 aromatic heterocycles. The molecule has 0 unspecified atom stereocenters. The molecule has 0 heterocycles. The number of amides is 1. The standard InChI is InChI=1S/C13H27N3O/c1-9(2)16(4)12-8-6-5-7-11(12)15-13(17)10(3)14/h9-12H,5-8,14H2,1-4H3,(H,15,17)/t10-,11+,12-/m0/s1. The summed E-state index contributed by atoms with van der Waals surface area (Å²) in [5, 5.41) is 3.10. The highest BCUT2D eigenvalue weighted by Gasteiger charge is 2.30. The van der Waals surface area contributed by atoms with Crippen LogP contribution in [0.5, 0.6) is 0 Å². The molecule has 1 saturated carbocycles. The molecule has 0 bridgehead atoms. The van der Waals surface area contributed by atoms with E-state index in [1.54, 1.807) is 6.92 Å². The fourth-order valence-corrected chi connectivity index (χ4v) is 2.46. The van der Waals surface area contributed by atoms with E-state index in [9.17, 15) is 4.79 Å². The monoisotopic (exact) mass is 241 g/mol. The molecule has 3 atom stereocenters. The molecule has 4 nitrogen and oxygen atoms in total. The van der Waals surface area contributed by atoms with Gasteiger partial charge in [0.2, 0.25) is 5.91 Å². The van der Waals surface area contributed by atoms with Crippen LogP contribution in [0.3, 0.4) is 0 Å². The number of hydrogen-bond acceptors (Lipinski definition) is 3. The minimum absolute atomic E-state index is 0.0287. The fraction of sp³-hybridized carbons (Fsp3) is 0.923. The summed E-state index contributed by atoms with van der Waals surface area (Å²) in [7, 11) is 2.14. The van der Waals surface area contributed by atoms with Crippen molar-refractivity contribution in [1.29, 1.82) is 0 Å². The molecule has 3 N–H and O–H groups in total. The molecular weight excluding hydrogens is 214 g/mol. The zero-order valence-corrected chi connectivity index (χ0v) is 11.6. The average molecular weight is 241 g/mol. The predicted molar refractivity (Wildman–Crippen MR) is 70.7 cm³/mol. The van der Waals surface area contributed by atoms with Crippen molar-refractivity contribution in [1.82, 2.24) is 10.2 Å². The van der Waals surface area contributed by atoms with Gasteiger partial charge in [0.05, 0.1) is 6.04 Å². The summed E-state index contributed by atoms with van der Waals surface area (Å²) in [6.45, 7) is 6.12. The van der Waals surface area contributed by atoms with Gasteiger partial charge in [-0.25, -0.2) is 0 Å². The van der Waals surface area contributed by atoms with E-state index in [2.05, 4.69) is 31.1 Å². The van der Waals surface area contributed by atoms with Gasteiger partial charge in [-0.3, -0.25) is 9.69 Å². The van der Waals surface area contributed by atoms with Crippen LogP contribution < -0.4 is 11.1 Å². The van der Waals surface area contributed by atoms with Crippen molar-refractivity contribution in [3.8, 4) is 0 Å². The van der Waals surface area contributed by atoms with Crippen molar-refractivity contribution in [3.05, 3.63) is 0 Å². The molecule has 0 saturated heterocycles. The molecule has 0 radical (unpaired) electrons. The number of nitrogens with zero attached hydrogens (tertiary/aromatic N) is 1. The van der Waals surface area contributed by atoms with E-state index in [1.807, 2.05) is 0 Å². The lowest BCUT2D eigenvalue weighted by Gasteiger charge is -2.40. The van der Waals surface area contributed by atoms with E-state index in [-0.39, 0.29) is 11.9 Å². The molecule has 0 spiro atoms. The fourth-order valence-electron chi connectivity index (χ4n) is 2.46. The van der Waals surface area contributed by atoms with Crippen molar-refractivity contribution in [3.63, 3.8) is 0 Å². The molecule has 17 heavy (non-hydrogen) atoms. The van der Waals surface area contributed by atoms with Crippen LogP contribution >= 0.6 is 0 Å². The van der Waals surface area contributed by atoms with E-state index in [1.165, 1.54) is 19.3 Å². The SMILES string of the molecule is CC(C)N(C)[C@H]1CCCC[C@H]1NC(=O)[C@H](C)N. The molecule has 1 aliphatic rings. The summed E-state index contributed by atoms with van der Waals surface area (Å²) in [4.78, 5) is 14.1. The highest BCUT2D eigenvalue weighted by Crippen LogP contribution is 2.23. The highest BCUT2D eigenvalue weighted by molar-refractivity contribution is 5.81. The van der Waals surface area contributed by atoms with E-state index < -0.39 is 6.04 Å². The third-order valence-corrected chi connectivity index (χ3v) is 3.81. The Morgan fingerprint density at radius 2 is 1.88 bits per heavy atom. The molecule has 1 aliphatic carbocycles. The molecule has 100 valence electrons. The Hall–Kier alpha value is -0.610. The predicted octanol–water partition coefficient (Wildman–Crippen LogP) is 1.10. The van der Waals surface area contributed by atoms with Gasteiger partial charge < -0.3 is 11.1 Å². The molecule has 0 aliphatic heterocycles. The number of hydrogen-bond donors (Lipinski definition) is 2. The smallest absolute Gasteiger partial charge is 0.236 e. The van der Waals surface area contributed by atoms with Gasteiger partial charge in [-0.1, -0.05) is 12.8 Å². The number of carbonyl (C=O) groups excluding carboxylic acids is 1. The van der Waals surface area contributed by atoms with E-state index in [0.717, 1.165) is 6.42 Å². The average Bonchev–Trinajstić information content (AvgIpc) is 2.28. The highest BCUT2D eigenvalue weighted by atomic mass is 16.2. The van der Waals surface area contributed by atoms with Gasteiger partial charge in [-0.15, -0.1) is 0 Å². The Morgan fingerprint density at radius 3 is 2.41 bits per heavy atom. The molecular formula is C13H27N3O. The molecule has 4 heteroatoms. The summed E-state index contributed by atoms with van der Waals surface area (Å²) in [6.07, 6.45) is 4.69. The van der Waals surface area contributed by atoms with Crippen LogP contribution in [0, 0.1) is 0 Å². The summed E-state index contributed by atoms with van der Waals surface area (Å²) in [5.74, 6) is -0.0287. The first-order valence-electron chi connectivity index (χ1n) is 6.71. The van der Waals surface area contributed by atoms with Gasteiger partial charge in [0.25, 0.3) is 0 Å². The second-order valence-electron chi connectivity index (χ2n) is 5.51. The summed E-state index contributed by atoms with van der Waals surface area (Å²) >= 11 is 0. The molecule has 1 fully saturated rings. The lowest BCUT2D eigenvalue weighted by atomic mass is 9.88. The second-order valence-corrected chi connectivity index (χ2v) is 5.51. The Bertz CT molecular complexity index is 253. The van der Waals surface area contributed by atoms with Crippen LogP contribution in [0.25, 0.3) is 0 Å². The number of likely N-dealkylation sites (N-methyl/N-ethyl adjacent to an activating group) is 1. The molecule has 0 aromatic carbocycles. The first kappa shape index (κ1) is 14.5. The third kappa shape index (κ3) is 3.96. The Morgan fingerprint density at radius 1 is 1.29 bits per heavy atom. The van der Waals surface area contributed by atoms with Crippen LogP contribution in [-0.4, -0.2) is 42.0 Å². The summed E-state index contributed by atoms with van der Waals surface area (Å²) in [6, 6.07) is 0.802. The van der Waals surface area contributed by atoms with Crippen LogP contribution in [0.15, 0.2) is 0 Å². The van der Waals surface area contributed by atoms with Gasteiger partial charge >= 0.3 is 0 Å². The van der Waals surface area contributed by atoms with Crippen LogP contribution in [0.4, 0.5) is 0 Å². The van der Waals surface area contributed by atoms with E-state index in [0.29, 0.717) is 12.1 Å². The Balaban J connectivity index is 2.62. The zero-order valence-electron chi connectivity index (χ0n) is 11.6. The topological polar surface area (TPSA) is 58.4 Å². The number of nitrogens with one attached hydrogen (secondary N) is 1. The van der Waals surface area contributed by atoms with Crippen LogP contribution in [0.1, 0.15) is 46.5 Å². The number of carbonyl (C=O) groups is 1. The number of rotatable bonds is 4. The minimum atomic E-state index is -0.415. The molecule has 0 aromatic rings. The maximum absolute atomic E-state index is 11.7. The molecule has 1 rings (SSSR count). The minimum Gasteiger partial charge on any atom is -0.350 e. The van der Waals surface area contributed by atoms with E-state index in [4.69, 9.17) is 5.73 Å². The van der Waals surface area contributed by atoms with Crippen LogP contribution in [-0.2, 0) is 4.79 Å². The first-order chi connectivity index (χ1) is 7.93. The quantitative estimate of drug-likeness (QED) is 0.775. The van der Waals surface area contributed by atoms with Gasteiger partial charge in [-0.05, 0) is 40.7 Å². The van der Waals surface area contributed by atoms with Crippen molar-refractivity contribution in [2.24, 2.45) is 5.73 Å². The number of nitrogens with two attached hydrogens (primary N) is 1. The van der Waals surface area contributed by atoms with Gasteiger partial charge in [0, 0.05) is 18.1 Å². The first-order valence-corrected chi connectivity index (χ1v) is 6.71. The summed E-state index contributed by atoms with van der Waals surface area (Å²) in [5.41, 5.74) is 5.61. The normalized spacial score (nSPS) is 27.2. The maximum Gasteiger partial charge on any atom is 0.236 e. The van der Waals surface area contributed by atoms with Crippen molar-refractivity contribution in [2.75, 3.05) is 7.05 Å². The lowest BCUT2D eigenvalue weighted by Crippen LogP contribution is -2.56. The van der Waals surface area contributed by atoms with Gasteiger partial charge in [-0.2, -0.15) is 0 Å². The summed E-state index contributed by atoms with van der Waals surface area (Å²) < 4.78 is 0. The second kappa shape index (κ2) is 6.36. The van der Waals surface area contributed by atoms with E-state index >= 15 is 0 Å². The van der Waals surface area contributed by atoms with Gasteiger partial charge in [0.15, 0.2) is 0 Å². The van der Waals surface area contributed by atoms with Gasteiger partial charge in [0.1, 0.15) is 0 Å². The Kier molecular flexibility index (Phi) is 5.40. The van der Waals surface area contributed by atoms with Crippen molar-refractivity contribution in [2.45, 2.75) is 70.6 Å². The largest absolute Gasteiger partial charge is 0.350 e.